The largest absolute Gasteiger partial charge is 0.481 e. The first-order chi connectivity index (χ1) is 8.89. The van der Waals surface area contributed by atoms with Crippen LogP contribution in [0, 0.1) is 5.92 Å². The van der Waals surface area contributed by atoms with Crippen molar-refractivity contribution >= 4 is 11.9 Å². The Morgan fingerprint density at radius 3 is 2.58 bits per heavy atom. The molecule has 1 amide bonds. The molecule has 0 aliphatic heterocycles. The van der Waals surface area contributed by atoms with Crippen molar-refractivity contribution in [2.75, 3.05) is 0 Å². The fraction of sp³-hybridized carbons (Fsp3) is 0.583. The van der Waals surface area contributed by atoms with Crippen molar-refractivity contribution in [3.63, 3.8) is 0 Å². The second-order valence-corrected chi connectivity index (χ2v) is 5.10. The number of aliphatic hydroxyl groups is 1. The van der Waals surface area contributed by atoms with Gasteiger partial charge in [0.2, 0.25) is 0 Å². The number of nitrogens with zero attached hydrogens (tertiary/aromatic N) is 2. The molecule has 19 heavy (non-hydrogen) atoms. The highest BCUT2D eigenvalue weighted by Crippen LogP contribution is 2.33. The summed E-state index contributed by atoms with van der Waals surface area (Å²) >= 11 is 0. The van der Waals surface area contributed by atoms with E-state index in [0.717, 1.165) is 0 Å². The van der Waals surface area contributed by atoms with Crippen molar-refractivity contribution in [3.05, 3.63) is 18.0 Å². The number of aliphatic carboxylic acids is 1. The molecule has 0 bridgehead atoms. The van der Waals surface area contributed by atoms with Crippen LogP contribution in [0.2, 0.25) is 0 Å². The maximum atomic E-state index is 10.9. The lowest BCUT2D eigenvalue weighted by atomic mass is 9.79. The summed E-state index contributed by atoms with van der Waals surface area (Å²) in [4.78, 5) is 21.8. The van der Waals surface area contributed by atoms with Crippen molar-refractivity contribution in [2.45, 2.75) is 37.8 Å². The number of carbonyl (C=O) groups excluding carboxylic acids is 1. The third-order valence-corrected chi connectivity index (χ3v) is 3.61. The third kappa shape index (κ3) is 3.11. The number of carboxylic acids is 1. The predicted molar refractivity (Wildman–Crippen MR) is 65.3 cm³/mol. The van der Waals surface area contributed by atoms with Gasteiger partial charge in [0.25, 0.3) is 5.91 Å². The zero-order chi connectivity index (χ0) is 14.0. The van der Waals surface area contributed by atoms with E-state index in [-0.39, 0.29) is 18.2 Å². The van der Waals surface area contributed by atoms with E-state index >= 15 is 0 Å². The second-order valence-electron chi connectivity index (χ2n) is 5.10. The quantitative estimate of drug-likeness (QED) is 0.708. The lowest BCUT2D eigenvalue weighted by Crippen LogP contribution is -2.40. The number of nitrogens with two attached hydrogens (primary N) is 1. The molecular weight excluding hydrogens is 250 g/mol. The normalized spacial score (nSPS) is 27.1. The number of carbonyl (C=O) groups is 2. The Bertz CT molecular complexity index is 489. The van der Waals surface area contributed by atoms with E-state index in [4.69, 9.17) is 10.8 Å². The van der Waals surface area contributed by atoms with Crippen molar-refractivity contribution in [1.82, 2.24) is 9.78 Å². The number of hydrogen-bond acceptors (Lipinski definition) is 4. The summed E-state index contributed by atoms with van der Waals surface area (Å²) in [5.74, 6) is -1.79. The summed E-state index contributed by atoms with van der Waals surface area (Å²) in [5.41, 5.74) is 4.29. The number of hydrogen-bond donors (Lipinski definition) is 3. The molecule has 1 saturated carbocycles. The number of rotatable bonds is 4. The number of primary amides is 1. The van der Waals surface area contributed by atoms with Crippen LogP contribution >= 0.6 is 0 Å². The van der Waals surface area contributed by atoms with Crippen molar-refractivity contribution < 1.29 is 19.8 Å². The summed E-state index contributed by atoms with van der Waals surface area (Å²) in [5, 5.41) is 23.3. The highest BCUT2D eigenvalue weighted by atomic mass is 16.4. The summed E-state index contributed by atoms with van der Waals surface area (Å²) < 4.78 is 1.47. The maximum Gasteiger partial charge on any atom is 0.306 e. The summed E-state index contributed by atoms with van der Waals surface area (Å²) in [7, 11) is 0. The number of amides is 1. The Balaban J connectivity index is 1.98. The van der Waals surface area contributed by atoms with Gasteiger partial charge in [0.15, 0.2) is 0 Å². The fourth-order valence-electron chi connectivity index (χ4n) is 2.44. The fourth-order valence-corrected chi connectivity index (χ4v) is 2.44. The van der Waals surface area contributed by atoms with E-state index in [1.165, 1.54) is 10.7 Å². The molecule has 2 rings (SSSR count). The molecule has 7 nitrogen and oxygen atoms in total. The minimum absolute atomic E-state index is 0.155. The summed E-state index contributed by atoms with van der Waals surface area (Å²) in [6, 6.07) is 1.49. The van der Waals surface area contributed by atoms with Gasteiger partial charge in [-0.05, 0) is 31.7 Å². The van der Waals surface area contributed by atoms with Crippen LogP contribution in [-0.4, -0.2) is 37.5 Å². The van der Waals surface area contributed by atoms with Crippen LogP contribution in [0.4, 0.5) is 0 Å². The second kappa shape index (κ2) is 5.00. The van der Waals surface area contributed by atoms with Gasteiger partial charge >= 0.3 is 5.97 Å². The molecule has 0 spiro atoms. The lowest BCUT2D eigenvalue weighted by molar-refractivity contribution is -0.145. The average Bonchev–Trinajstić information content (AvgIpc) is 2.77. The van der Waals surface area contributed by atoms with Gasteiger partial charge in [0.05, 0.1) is 18.1 Å². The molecule has 0 unspecified atom stereocenters. The van der Waals surface area contributed by atoms with Crippen molar-refractivity contribution in [1.29, 1.82) is 0 Å². The standard InChI is InChI=1S/C12H17N3O4/c13-10(16)9-3-6-15(14-9)7-12(19)4-1-8(2-5-12)11(17)18/h3,6,8,19H,1-2,4-5,7H2,(H2,13,16)(H,17,18). The molecule has 104 valence electrons. The Hall–Kier alpha value is -1.89. The molecule has 0 radical (unpaired) electrons. The van der Waals surface area contributed by atoms with Crippen LogP contribution in [0.1, 0.15) is 36.2 Å². The van der Waals surface area contributed by atoms with Gasteiger partial charge in [-0.1, -0.05) is 0 Å². The van der Waals surface area contributed by atoms with E-state index in [1.54, 1.807) is 6.20 Å². The zero-order valence-corrected chi connectivity index (χ0v) is 10.5. The van der Waals surface area contributed by atoms with Crippen molar-refractivity contribution in [3.8, 4) is 0 Å². The molecule has 1 aromatic heterocycles. The Morgan fingerprint density at radius 1 is 1.47 bits per heavy atom. The zero-order valence-electron chi connectivity index (χ0n) is 10.5. The van der Waals surface area contributed by atoms with Gasteiger partial charge in [-0.2, -0.15) is 5.10 Å². The van der Waals surface area contributed by atoms with Gasteiger partial charge in [0, 0.05) is 6.20 Å². The molecule has 0 aromatic carbocycles. The van der Waals surface area contributed by atoms with Crippen LogP contribution in [-0.2, 0) is 11.3 Å². The number of carboxylic acid groups (broad SMARTS) is 1. The van der Waals surface area contributed by atoms with Gasteiger partial charge < -0.3 is 15.9 Å². The first-order valence-corrected chi connectivity index (χ1v) is 6.18. The molecule has 1 aromatic rings. The van der Waals surface area contributed by atoms with Crippen LogP contribution < -0.4 is 5.73 Å². The first-order valence-electron chi connectivity index (χ1n) is 6.18. The van der Waals surface area contributed by atoms with Crippen molar-refractivity contribution in [2.24, 2.45) is 11.7 Å². The first kappa shape index (κ1) is 13.5. The van der Waals surface area contributed by atoms with Crippen LogP contribution in [0.5, 0.6) is 0 Å². The molecule has 0 atom stereocenters. The van der Waals surface area contributed by atoms with E-state index < -0.39 is 17.5 Å². The van der Waals surface area contributed by atoms with E-state index in [2.05, 4.69) is 5.10 Å². The SMILES string of the molecule is NC(=O)c1ccn(CC2(O)CCC(C(=O)O)CC2)n1. The highest BCUT2D eigenvalue weighted by molar-refractivity contribution is 5.90. The molecule has 1 aliphatic rings. The topological polar surface area (TPSA) is 118 Å². The Labute approximate surface area is 110 Å². The smallest absolute Gasteiger partial charge is 0.306 e. The maximum absolute atomic E-state index is 10.9. The van der Waals surface area contributed by atoms with E-state index in [1.807, 2.05) is 0 Å². The minimum atomic E-state index is -0.965. The number of aromatic nitrogens is 2. The lowest BCUT2D eigenvalue weighted by Gasteiger charge is -2.34. The molecular formula is C12H17N3O4. The molecule has 1 heterocycles. The molecule has 0 saturated heterocycles. The Morgan fingerprint density at radius 2 is 2.11 bits per heavy atom. The molecule has 7 heteroatoms. The summed E-state index contributed by atoms with van der Waals surface area (Å²) in [6.07, 6.45) is 3.32. The molecule has 4 N–H and O–H groups in total. The highest BCUT2D eigenvalue weighted by Gasteiger charge is 2.36. The van der Waals surface area contributed by atoms with E-state index in [9.17, 15) is 14.7 Å². The van der Waals surface area contributed by atoms with Gasteiger partial charge in [-0.3, -0.25) is 14.3 Å². The van der Waals surface area contributed by atoms with E-state index in [0.29, 0.717) is 25.7 Å². The summed E-state index contributed by atoms with van der Waals surface area (Å²) in [6.45, 7) is 0.243. The van der Waals surface area contributed by atoms with Gasteiger partial charge in [-0.15, -0.1) is 0 Å². The van der Waals surface area contributed by atoms with Crippen LogP contribution in [0.3, 0.4) is 0 Å². The third-order valence-electron chi connectivity index (χ3n) is 3.61. The predicted octanol–water partition coefficient (Wildman–Crippen LogP) is -0.0121. The van der Waals surface area contributed by atoms with Gasteiger partial charge in [-0.25, -0.2) is 0 Å². The Kier molecular flexibility index (Phi) is 3.57. The molecule has 1 fully saturated rings. The molecule has 1 aliphatic carbocycles. The van der Waals surface area contributed by atoms with Crippen LogP contribution in [0.25, 0.3) is 0 Å². The van der Waals surface area contributed by atoms with Gasteiger partial charge in [0.1, 0.15) is 5.69 Å². The minimum Gasteiger partial charge on any atom is -0.481 e. The monoisotopic (exact) mass is 267 g/mol. The van der Waals surface area contributed by atoms with Crippen LogP contribution in [0.15, 0.2) is 12.3 Å². The average molecular weight is 267 g/mol.